The summed E-state index contributed by atoms with van der Waals surface area (Å²) in [5.74, 6) is -1.75. The highest BCUT2D eigenvalue weighted by atomic mass is 16.4. The topological polar surface area (TPSA) is 214 Å². The van der Waals surface area contributed by atoms with Crippen LogP contribution in [0.4, 0.5) is 17.5 Å². The molecule has 2 heterocycles. The van der Waals surface area contributed by atoms with Crippen LogP contribution in [0.25, 0.3) is 11.2 Å². The van der Waals surface area contributed by atoms with Crippen molar-refractivity contribution >= 4 is 46.4 Å². The first-order valence-corrected chi connectivity index (χ1v) is 13.0. The first kappa shape index (κ1) is 30.0. The predicted octanol–water partition coefficient (Wildman–Crippen LogP) is 0.690. The van der Waals surface area contributed by atoms with E-state index in [4.69, 9.17) is 16.6 Å². The Hall–Kier alpha value is -4.59. The Morgan fingerprint density at radius 2 is 1.80 bits per heavy atom. The molecule has 0 radical (unpaired) electrons. The number of carboxylic acids is 1. The van der Waals surface area contributed by atoms with Crippen LogP contribution in [-0.4, -0.2) is 75.5 Å². The van der Waals surface area contributed by atoms with Gasteiger partial charge in [-0.2, -0.15) is 9.97 Å². The molecule has 0 saturated heterocycles. The summed E-state index contributed by atoms with van der Waals surface area (Å²) in [6.07, 6.45) is 3.06. The minimum Gasteiger partial charge on any atom is -0.481 e. The molecule has 0 fully saturated rings. The molecule has 0 aliphatic carbocycles. The number of hydrogen-bond acceptors (Lipinski definition) is 11. The fourth-order valence-electron chi connectivity index (χ4n) is 3.89. The standard InChI is InChI=1S/C26H36N10O4/c1-3-11-29-12-4-13-30-25(40)19(9-10-20(37)38)33-24(39)16-5-7-18(8-6-16)36(2)15-17-14-31-23-21(32-17)22(27)34-26(28)35-23/h5-8,14,19,29H,3-4,9-13,15H2,1-2H3,(H,30,40)(H,33,39)(H,37,38)(H4,27,28,31,34,35)/t19-/m0/s1. The zero-order valence-electron chi connectivity index (χ0n) is 22.7. The Bertz CT molecular complexity index is 1320. The van der Waals surface area contributed by atoms with E-state index < -0.39 is 23.8 Å². The van der Waals surface area contributed by atoms with Crippen molar-refractivity contribution in [2.75, 3.05) is 43.0 Å². The van der Waals surface area contributed by atoms with Crippen LogP contribution in [-0.2, 0) is 16.1 Å². The van der Waals surface area contributed by atoms with Gasteiger partial charge in [-0.15, -0.1) is 0 Å². The maximum Gasteiger partial charge on any atom is 0.303 e. The van der Waals surface area contributed by atoms with E-state index in [0.717, 1.165) is 31.6 Å². The van der Waals surface area contributed by atoms with Gasteiger partial charge in [-0.25, -0.2) is 9.97 Å². The molecule has 1 aromatic carbocycles. The number of nitrogen functional groups attached to an aromatic ring is 2. The molecule has 0 saturated carbocycles. The Balaban J connectivity index is 1.60. The number of anilines is 3. The number of carboxylic acid groups (broad SMARTS) is 1. The monoisotopic (exact) mass is 552 g/mol. The second-order valence-electron chi connectivity index (χ2n) is 9.26. The van der Waals surface area contributed by atoms with Crippen molar-refractivity contribution in [3.63, 3.8) is 0 Å². The number of hydrogen-bond donors (Lipinski definition) is 6. The summed E-state index contributed by atoms with van der Waals surface area (Å²) in [6.45, 7) is 4.54. The third-order valence-electron chi connectivity index (χ3n) is 6.00. The molecule has 14 nitrogen and oxygen atoms in total. The summed E-state index contributed by atoms with van der Waals surface area (Å²) in [5, 5.41) is 17.8. The second-order valence-corrected chi connectivity index (χ2v) is 9.26. The number of amides is 2. The van der Waals surface area contributed by atoms with Crippen molar-refractivity contribution in [1.29, 1.82) is 0 Å². The highest BCUT2D eigenvalue weighted by Crippen LogP contribution is 2.19. The minimum absolute atomic E-state index is 0.0171. The summed E-state index contributed by atoms with van der Waals surface area (Å²) in [5.41, 5.74) is 14.0. The molecule has 0 bridgehead atoms. The number of carbonyl (C=O) groups excluding carboxylic acids is 2. The van der Waals surface area contributed by atoms with Crippen LogP contribution in [0.5, 0.6) is 0 Å². The van der Waals surface area contributed by atoms with Gasteiger partial charge >= 0.3 is 5.97 Å². The molecule has 1 atom stereocenters. The molecular weight excluding hydrogens is 516 g/mol. The molecule has 2 amide bonds. The van der Waals surface area contributed by atoms with Crippen LogP contribution < -0.4 is 32.3 Å². The average Bonchev–Trinajstić information content (AvgIpc) is 2.93. The van der Waals surface area contributed by atoms with Crippen LogP contribution >= 0.6 is 0 Å². The Labute approximate surface area is 232 Å². The van der Waals surface area contributed by atoms with Crippen molar-refractivity contribution in [3.05, 3.63) is 41.7 Å². The van der Waals surface area contributed by atoms with Crippen LogP contribution in [0.2, 0.25) is 0 Å². The van der Waals surface area contributed by atoms with Gasteiger partial charge in [0.05, 0.1) is 18.4 Å². The van der Waals surface area contributed by atoms with E-state index in [1.165, 1.54) is 0 Å². The van der Waals surface area contributed by atoms with Crippen molar-refractivity contribution in [2.24, 2.45) is 0 Å². The lowest BCUT2D eigenvalue weighted by Crippen LogP contribution is -2.47. The van der Waals surface area contributed by atoms with Crippen LogP contribution in [0.1, 0.15) is 48.7 Å². The number of nitrogens with zero attached hydrogens (tertiary/aromatic N) is 5. The maximum absolute atomic E-state index is 12.9. The highest BCUT2D eigenvalue weighted by Gasteiger charge is 2.22. The number of fused-ring (bicyclic) bond motifs is 1. The third kappa shape index (κ3) is 8.73. The molecule has 0 unspecified atom stereocenters. The largest absolute Gasteiger partial charge is 0.481 e. The first-order chi connectivity index (χ1) is 19.2. The van der Waals surface area contributed by atoms with Gasteiger partial charge in [0.25, 0.3) is 5.91 Å². The minimum atomic E-state index is -1.04. The van der Waals surface area contributed by atoms with Crippen LogP contribution in [0, 0.1) is 0 Å². The quantitative estimate of drug-likeness (QED) is 0.144. The number of carbonyl (C=O) groups is 3. The number of aromatic nitrogens is 4. The van der Waals surface area contributed by atoms with Gasteiger partial charge in [0.2, 0.25) is 11.9 Å². The van der Waals surface area contributed by atoms with Crippen molar-refractivity contribution < 1.29 is 19.5 Å². The van der Waals surface area contributed by atoms with E-state index in [1.54, 1.807) is 30.5 Å². The molecule has 3 aromatic rings. The molecule has 0 aliphatic heterocycles. The Kier molecular flexibility index (Phi) is 10.9. The normalized spacial score (nSPS) is 11.7. The van der Waals surface area contributed by atoms with Crippen molar-refractivity contribution in [2.45, 2.75) is 45.2 Å². The predicted molar refractivity (Wildman–Crippen MR) is 151 cm³/mol. The Morgan fingerprint density at radius 3 is 2.50 bits per heavy atom. The second kappa shape index (κ2) is 14.5. The highest BCUT2D eigenvalue weighted by molar-refractivity contribution is 5.98. The molecule has 214 valence electrons. The fourth-order valence-corrected chi connectivity index (χ4v) is 3.89. The number of nitrogens with one attached hydrogen (secondary N) is 3. The lowest BCUT2D eigenvalue weighted by atomic mass is 10.1. The molecule has 3 rings (SSSR count). The van der Waals surface area contributed by atoms with E-state index in [0.29, 0.717) is 35.5 Å². The van der Waals surface area contributed by atoms with E-state index in [9.17, 15) is 14.4 Å². The molecule has 14 heteroatoms. The fraction of sp³-hybridized carbons (Fsp3) is 0.423. The molecular formula is C26H36N10O4. The third-order valence-corrected chi connectivity index (χ3v) is 6.00. The van der Waals surface area contributed by atoms with Crippen molar-refractivity contribution in [1.82, 2.24) is 35.9 Å². The number of aliphatic carboxylic acids is 1. The van der Waals surface area contributed by atoms with Crippen LogP contribution in [0.15, 0.2) is 30.5 Å². The van der Waals surface area contributed by atoms with Crippen LogP contribution in [0.3, 0.4) is 0 Å². The molecule has 8 N–H and O–H groups in total. The lowest BCUT2D eigenvalue weighted by molar-refractivity contribution is -0.137. The van der Waals surface area contributed by atoms with E-state index in [-0.39, 0.29) is 24.6 Å². The van der Waals surface area contributed by atoms with E-state index in [2.05, 4.69) is 42.8 Å². The zero-order chi connectivity index (χ0) is 29.1. The first-order valence-electron chi connectivity index (χ1n) is 13.0. The maximum atomic E-state index is 12.9. The summed E-state index contributed by atoms with van der Waals surface area (Å²) < 4.78 is 0. The van der Waals surface area contributed by atoms with Gasteiger partial charge in [-0.05, 0) is 56.6 Å². The molecule has 0 spiro atoms. The van der Waals surface area contributed by atoms with Gasteiger partial charge in [-0.3, -0.25) is 14.4 Å². The average molecular weight is 553 g/mol. The zero-order valence-corrected chi connectivity index (χ0v) is 22.7. The molecule has 0 aliphatic rings. The van der Waals surface area contributed by atoms with Gasteiger partial charge in [0.1, 0.15) is 6.04 Å². The Morgan fingerprint density at radius 1 is 1.05 bits per heavy atom. The summed E-state index contributed by atoms with van der Waals surface area (Å²) in [4.78, 5) is 55.3. The number of benzene rings is 1. The smallest absolute Gasteiger partial charge is 0.303 e. The van der Waals surface area contributed by atoms with Gasteiger partial charge in [0.15, 0.2) is 17.0 Å². The number of nitrogens with two attached hydrogens (primary N) is 2. The van der Waals surface area contributed by atoms with Gasteiger partial charge in [0, 0.05) is 31.3 Å². The van der Waals surface area contributed by atoms with Gasteiger partial charge in [-0.1, -0.05) is 6.92 Å². The number of rotatable bonds is 15. The van der Waals surface area contributed by atoms with E-state index in [1.807, 2.05) is 11.9 Å². The lowest BCUT2D eigenvalue weighted by Gasteiger charge is -2.20. The molecule has 2 aromatic heterocycles. The molecule has 40 heavy (non-hydrogen) atoms. The van der Waals surface area contributed by atoms with Gasteiger partial charge < -0.3 is 37.4 Å². The van der Waals surface area contributed by atoms with E-state index >= 15 is 0 Å². The SMILES string of the molecule is CCCNCCCNC(=O)[C@H](CCC(=O)O)NC(=O)c1ccc(N(C)Cc2cnc3nc(N)nc(N)c3n2)cc1. The summed E-state index contributed by atoms with van der Waals surface area (Å²) >= 11 is 0. The summed E-state index contributed by atoms with van der Waals surface area (Å²) in [7, 11) is 1.85. The van der Waals surface area contributed by atoms with Crippen molar-refractivity contribution in [3.8, 4) is 0 Å². The summed E-state index contributed by atoms with van der Waals surface area (Å²) in [6, 6.07) is 5.82.